The molecule has 1 fully saturated rings. The lowest BCUT2D eigenvalue weighted by Gasteiger charge is -2.06. The van der Waals surface area contributed by atoms with Crippen molar-refractivity contribution in [3.05, 3.63) is 39.0 Å². The Balaban J connectivity index is 2.18. The van der Waals surface area contributed by atoms with Gasteiger partial charge < -0.3 is 10.3 Å². The van der Waals surface area contributed by atoms with Gasteiger partial charge in [-0.15, -0.1) is 0 Å². The normalized spacial score (nSPS) is 15.1. The Morgan fingerprint density at radius 3 is 2.82 bits per heavy atom. The van der Waals surface area contributed by atoms with Gasteiger partial charge >= 0.3 is 5.69 Å². The number of rotatable bonds is 2. The van der Waals surface area contributed by atoms with E-state index in [9.17, 15) is 9.59 Å². The summed E-state index contributed by atoms with van der Waals surface area (Å²) in [4.78, 5) is 26.0. The summed E-state index contributed by atoms with van der Waals surface area (Å²) in [6.07, 6.45) is 2.37. The quantitative estimate of drug-likeness (QED) is 0.803. The van der Waals surface area contributed by atoms with Crippen molar-refractivity contribution in [3.63, 3.8) is 0 Å². The molecule has 1 saturated carbocycles. The van der Waals surface area contributed by atoms with Crippen molar-refractivity contribution in [1.29, 1.82) is 0 Å². The molecule has 2 aromatic rings. The smallest absolute Gasteiger partial charge is 0.328 e. The van der Waals surface area contributed by atoms with E-state index in [1.165, 1.54) is 19.9 Å². The molecule has 5 nitrogen and oxygen atoms in total. The van der Waals surface area contributed by atoms with E-state index < -0.39 is 0 Å². The fraction of sp³-hybridized carbons (Fsp3) is 0.333. The van der Waals surface area contributed by atoms with Crippen LogP contribution in [0.3, 0.4) is 0 Å². The van der Waals surface area contributed by atoms with Crippen LogP contribution in [-0.2, 0) is 7.05 Å². The van der Waals surface area contributed by atoms with Crippen LogP contribution in [0.4, 0.5) is 5.69 Å². The maximum Gasteiger partial charge on any atom is 0.328 e. The number of aromatic nitrogens is 2. The van der Waals surface area contributed by atoms with E-state index in [0.717, 1.165) is 10.3 Å². The molecule has 17 heavy (non-hydrogen) atoms. The van der Waals surface area contributed by atoms with Crippen molar-refractivity contribution < 1.29 is 0 Å². The molecule has 0 aliphatic heterocycles. The van der Waals surface area contributed by atoms with Crippen molar-refractivity contribution in [3.8, 4) is 0 Å². The molecule has 0 amide bonds. The predicted molar refractivity (Wildman–Crippen MR) is 66.5 cm³/mol. The van der Waals surface area contributed by atoms with Crippen LogP contribution in [0.5, 0.6) is 0 Å². The average Bonchev–Trinajstić information content (AvgIpc) is 3.10. The van der Waals surface area contributed by atoms with Gasteiger partial charge in [0.05, 0.1) is 10.9 Å². The van der Waals surface area contributed by atoms with E-state index in [0.29, 0.717) is 16.9 Å². The van der Waals surface area contributed by atoms with E-state index in [-0.39, 0.29) is 11.2 Å². The minimum atomic E-state index is -0.383. The number of aromatic amines is 1. The second kappa shape index (κ2) is 3.48. The van der Waals surface area contributed by atoms with Gasteiger partial charge in [0.25, 0.3) is 5.56 Å². The molecule has 1 aromatic carbocycles. The summed E-state index contributed by atoms with van der Waals surface area (Å²) in [7, 11) is 1.47. The maximum atomic E-state index is 11.8. The number of anilines is 1. The topological polar surface area (TPSA) is 66.9 Å². The van der Waals surface area contributed by atoms with Crippen molar-refractivity contribution in [1.82, 2.24) is 9.55 Å². The summed E-state index contributed by atoms with van der Waals surface area (Å²) in [6.45, 7) is 0. The van der Waals surface area contributed by atoms with Crippen molar-refractivity contribution in [2.45, 2.75) is 18.9 Å². The van der Waals surface area contributed by atoms with E-state index in [2.05, 4.69) is 10.3 Å². The first-order chi connectivity index (χ1) is 8.15. The zero-order valence-corrected chi connectivity index (χ0v) is 9.49. The molecule has 0 spiro atoms. The number of hydrogen-bond acceptors (Lipinski definition) is 3. The Hall–Kier alpha value is -2.04. The van der Waals surface area contributed by atoms with Gasteiger partial charge in [-0.25, -0.2) is 4.79 Å². The Bertz CT molecular complexity index is 695. The molecule has 88 valence electrons. The molecular formula is C12H13N3O2. The predicted octanol–water partition coefficient (Wildman–Crippen LogP) is 0.801. The van der Waals surface area contributed by atoms with Gasteiger partial charge in [-0.3, -0.25) is 9.36 Å². The maximum absolute atomic E-state index is 11.8. The Kier molecular flexibility index (Phi) is 2.07. The zero-order valence-electron chi connectivity index (χ0n) is 9.49. The number of benzene rings is 1. The summed E-state index contributed by atoms with van der Waals surface area (Å²) < 4.78 is 1.08. The minimum absolute atomic E-state index is 0.262. The fourth-order valence-electron chi connectivity index (χ4n) is 1.86. The van der Waals surface area contributed by atoms with Crippen LogP contribution in [0.25, 0.3) is 10.9 Å². The number of H-pyrrole nitrogens is 1. The van der Waals surface area contributed by atoms with Crippen molar-refractivity contribution in [2.24, 2.45) is 7.05 Å². The van der Waals surface area contributed by atoms with Crippen molar-refractivity contribution in [2.75, 3.05) is 5.32 Å². The van der Waals surface area contributed by atoms with E-state index >= 15 is 0 Å². The van der Waals surface area contributed by atoms with Crippen LogP contribution in [0.2, 0.25) is 0 Å². The van der Waals surface area contributed by atoms with E-state index in [1.807, 2.05) is 12.1 Å². The number of nitrogens with one attached hydrogen (secondary N) is 2. The number of hydrogen-bond donors (Lipinski definition) is 2. The Morgan fingerprint density at radius 1 is 1.35 bits per heavy atom. The lowest BCUT2D eigenvalue weighted by molar-refractivity contribution is 0.794. The standard InChI is InChI=1S/C12H13N3O2/c1-15-11(16)9-5-4-8(13-7-2-3-7)6-10(9)14-12(15)17/h4-7,13H,2-3H2,1H3,(H,14,17). The third-order valence-corrected chi connectivity index (χ3v) is 3.05. The van der Waals surface area contributed by atoms with Gasteiger partial charge in [0, 0.05) is 18.8 Å². The first-order valence-electron chi connectivity index (χ1n) is 5.65. The first-order valence-corrected chi connectivity index (χ1v) is 5.65. The second-order valence-electron chi connectivity index (χ2n) is 4.47. The van der Waals surface area contributed by atoms with Gasteiger partial charge in [-0.05, 0) is 31.0 Å². The zero-order chi connectivity index (χ0) is 12.0. The van der Waals surface area contributed by atoms with Gasteiger partial charge in [-0.2, -0.15) is 0 Å². The monoisotopic (exact) mass is 231 g/mol. The van der Waals surface area contributed by atoms with Crippen LogP contribution < -0.4 is 16.6 Å². The highest BCUT2D eigenvalue weighted by atomic mass is 16.2. The fourth-order valence-corrected chi connectivity index (χ4v) is 1.86. The van der Waals surface area contributed by atoms with Gasteiger partial charge in [0.2, 0.25) is 0 Å². The lowest BCUT2D eigenvalue weighted by atomic mass is 10.2. The average molecular weight is 231 g/mol. The molecule has 0 radical (unpaired) electrons. The molecule has 0 unspecified atom stereocenters. The molecule has 5 heteroatoms. The summed E-state index contributed by atoms with van der Waals surface area (Å²) in [5, 5.41) is 3.87. The minimum Gasteiger partial charge on any atom is -0.382 e. The van der Waals surface area contributed by atoms with Crippen LogP contribution >= 0.6 is 0 Å². The van der Waals surface area contributed by atoms with Crippen LogP contribution in [-0.4, -0.2) is 15.6 Å². The third kappa shape index (κ3) is 1.73. The number of fused-ring (bicyclic) bond motifs is 1. The third-order valence-electron chi connectivity index (χ3n) is 3.05. The molecule has 3 rings (SSSR count). The molecule has 1 heterocycles. The Morgan fingerprint density at radius 2 is 2.12 bits per heavy atom. The van der Waals surface area contributed by atoms with Crippen molar-refractivity contribution >= 4 is 16.6 Å². The van der Waals surface area contributed by atoms with Gasteiger partial charge in [0.15, 0.2) is 0 Å². The van der Waals surface area contributed by atoms with E-state index in [4.69, 9.17) is 0 Å². The summed E-state index contributed by atoms with van der Waals surface area (Å²) in [5.74, 6) is 0. The summed E-state index contributed by atoms with van der Waals surface area (Å²) >= 11 is 0. The molecular weight excluding hydrogens is 218 g/mol. The highest BCUT2D eigenvalue weighted by molar-refractivity contribution is 5.81. The highest BCUT2D eigenvalue weighted by Gasteiger charge is 2.20. The molecule has 1 aliphatic carbocycles. The van der Waals surface area contributed by atoms with E-state index in [1.54, 1.807) is 6.07 Å². The molecule has 0 bridgehead atoms. The SMILES string of the molecule is Cn1c(=O)[nH]c2cc(NC3CC3)ccc2c1=O. The summed E-state index contributed by atoms with van der Waals surface area (Å²) in [6, 6.07) is 5.99. The summed E-state index contributed by atoms with van der Waals surface area (Å²) in [5.41, 5.74) is 0.889. The van der Waals surface area contributed by atoms with Crippen LogP contribution in [0, 0.1) is 0 Å². The lowest BCUT2D eigenvalue weighted by Crippen LogP contribution is -2.32. The molecule has 0 saturated heterocycles. The van der Waals surface area contributed by atoms with Crippen LogP contribution in [0.15, 0.2) is 27.8 Å². The second-order valence-corrected chi connectivity index (χ2v) is 4.47. The highest BCUT2D eigenvalue weighted by Crippen LogP contribution is 2.25. The van der Waals surface area contributed by atoms with Gasteiger partial charge in [-0.1, -0.05) is 0 Å². The molecule has 2 N–H and O–H groups in total. The largest absolute Gasteiger partial charge is 0.382 e. The molecule has 1 aromatic heterocycles. The molecule has 0 atom stereocenters. The molecule has 1 aliphatic rings. The Labute approximate surface area is 97.1 Å². The van der Waals surface area contributed by atoms with Gasteiger partial charge in [0.1, 0.15) is 0 Å². The van der Waals surface area contributed by atoms with Crippen LogP contribution in [0.1, 0.15) is 12.8 Å². The first kappa shape index (κ1) is 10.1. The number of nitrogens with zero attached hydrogens (tertiary/aromatic N) is 1.